The molecule has 12 N–H and O–H groups in total. The normalized spacial score (nSPS) is 52.4. The zero-order valence-corrected chi connectivity index (χ0v) is 40.0. The van der Waals surface area contributed by atoms with Crippen molar-refractivity contribution in [3.8, 4) is 0 Å². The van der Waals surface area contributed by atoms with E-state index in [-0.39, 0.29) is 46.0 Å². The predicted octanol–water partition coefficient (Wildman–Crippen LogP) is -0.0268. The lowest BCUT2D eigenvalue weighted by Crippen LogP contribution is -2.67. The Kier molecular flexibility index (Phi) is 15.7. The maximum Gasteiger partial charge on any atom is 0.187 e. The lowest BCUT2D eigenvalue weighted by atomic mass is 9.35. The number of hydrogen-bond acceptors (Lipinski definition) is 18. The van der Waals surface area contributed by atoms with Crippen LogP contribution in [0.25, 0.3) is 0 Å². The Morgan fingerprint density at radius 3 is 1.74 bits per heavy atom. The summed E-state index contributed by atoms with van der Waals surface area (Å²) in [5.41, 5.74) is -1.06. The average molecular weight is 947 g/mol. The van der Waals surface area contributed by atoms with Crippen LogP contribution in [0.1, 0.15) is 113 Å². The van der Waals surface area contributed by atoms with Crippen molar-refractivity contribution in [1.82, 2.24) is 0 Å². The smallest absolute Gasteiger partial charge is 0.187 e. The molecule has 25 atom stereocenters. The van der Waals surface area contributed by atoms with E-state index in [9.17, 15) is 61.3 Å². The Hall–Kier alpha value is -0.980. The topological polar surface area (TPSA) is 298 Å². The molecule has 7 aliphatic rings. The van der Waals surface area contributed by atoms with Crippen LogP contribution in [0.3, 0.4) is 0 Å². The van der Waals surface area contributed by atoms with Crippen LogP contribution in [0.5, 0.6) is 0 Å². The second-order valence-corrected chi connectivity index (χ2v) is 22.9. The molecule has 18 heteroatoms. The van der Waals surface area contributed by atoms with E-state index >= 15 is 0 Å². The standard InChI is InChI=1S/C48H82O18/c1-22(2)10-9-14-48(8,66-43-40(60)37(57)34(54)27(64-43)21-61-41-38(58)35(55)32(52)25(19-49)62-41)23-11-16-47(7)31(23)24(51)18-29-45(5)15-13-30(44(3,4)28(45)12-17-46(29,47)6)65-42-39(59)36(56)33(53)26(20-50)63-42/h10,23-43,49-60H,9,11-21H2,1-8H3/t23-,24+,25+,26+,27+,28?,29?,30-,31-,32+,33+,34+,35-,36-,37-,38+,39+,40+,41+,42-,43-,45-,46+,47-,48+/m0/s1. The Morgan fingerprint density at radius 2 is 1.15 bits per heavy atom. The molecule has 7 fully saturated rings. The molecular weight excluding hydrogens is 865 g/mol. The van der Waals surface area contributed by atoms with E-state index in [1.807, 2.05) is 20.8 Å². The fourth-order valence-corrected chi connectivity index (χ4v) is 14.8. The van der Waals surface area contributed by atoms with E-state index in [1.165, 1.54) is 0 Å². The van der Waals surface area contributed by atoms with E-state index < -0.39 is 129 Å². The van der Waals surface area contributed by atoms with Crippen LogP contribution >= 0.6 is 0 Å². The zero-order valence-electron chi connectivity index (χ0n) is 40.0. The molecule has 4 saturated carbocycles. The van der Waals surface area contributed by atoms with Crippen molar-refractivity contribution < 1.29 is 89.7 Å². The maximum absolute atomic E-state index is 12.7. The number of hydrogen-bond donors (Lipinski definition) is 12. The molecule has 382 valence electrons. The molecular formula is C48H82O18. The van der Waals surface area contributed by atoms with Gasteiger partial charge in [-0.3, -0.25) is 0 Å². The first kappa shape index (κ1) is 52.8. The molecule has 0 amide bonds. The van der Waals surface area contributed by atoms with Crippen molar-refractivity contribution >= 4 is 0 Å². The third-order valence-corrected chi connectivity index (χ3v) is 18.8. The Morgan fingerprint density at radius 1 is 0.621 bits per heavy atom. The molecule has 3 heterocycles. The lowest BCUT2D eigenvalue weighted by Gasteiger charge is -2.71. The second-order valence-electron chi connectivity index (χ2n) is 22.9. The van der Waals surface area contributed by atoms with Crippen molar-refractivity contribution in [3.63, 3.8) is 0 Å². The minimum absolute atomic E-state index is 0.133. The summed E-state index contributed by atoms with van der Waals surface area (Å²) in [5.74, 6) is -0.128. The first-order valence-corrected chi connectivity index (χ1v) is 24.4. The summed E-state index contributed by atoms with van der Waals surface area (Å²) in [6.45, 7) is 15.8. The summed E-state index contributed by atoms with van der Waals surface area (Å²) in [4.78, 5) is 0. The molecule has 0 bridgehead atoms. The molecule has 18 nitrogen and oxygen atoms in total. The Labute approximate surface area is 388 Å². The van der Waals surface area contributed by atoms with Gasteiger partial charge in [0.05, 0.1) is 37.6 Å². The van der Waals surface area contributed by atoms with Gasteiger partial charge in [0.1, 0.15) is 73.2 Å². The first-order valence-electron chi connectivity index (χ1n) is 24.4. The highest BCUT2D eigenvalue weighted by Crippen LogP contribution is 2.76. The minimum Gasteiger partial charge on any atom is -0.394 e. The largest absolute Gasteiger partial charge is 0.394 e. The molecule has 0 radical (unpaired) electrons. The van der Waals surface area contributed by atoms with Crippen molar-refractivity contribution in [1.29, 1.82) is 0 Å². The van der Waals surface area contributed by atoms with E-state index in [1.54, 1.807) is 0 Å². The average Bonchev–Trinajstić information content (AvgIpc) is 3.65. The van der Waals surface area contributed by atoms with E-state index in [4.69, 9.17) is 28.4 Å². The molecule has 3 aliphatic heterocycles. The van der Waals surface area contributed by atoms with Crippen molar-refractivity contribution in [3.05, 3.63) is 11.6 Å². The maximum atomic E-state index is 12.7. The summed E-state index contributed by atoms with van der Waals surface area (Å²) in [6, 6.07) is 0. The molecule has 0 spiro atoms. The van der Waals surface area contributed by atoms with Crippen LogP contribution in [0.4, 0.5) is 0 Å². The summed E-state index contributed by atoms with van der Waals surface area (Å²) in [6.07, 6.45) is -14.9. The number of aliphatic hydroxyl groups excluding tert-OH is 12. The molecule has 2 unspecified atom stereocenters. The van der Waals surface area contributed by atoms with Gasteiger partial charge in [-0.25, -0.2) is 0 Å². The Bertz CT molecular complexity index is 1680. The fourth-order valence-electron chi connectivity index (χ4n) is 14.8. The monoisotopic (exact) mass is 947 g/mol. The molecule has 4 aliphatic carbocycles. The molecule has 0 aromatic rings. The summed E-state index contributed by atoms with van der Waals surface area (Å²) in [5, 5.41) is 129. The van der Waals surface area contributed by atoms with Crippen molar-refractivity contribution in [2.45, 2.75) is 223 Å². The SMILES string of the molecule is CC(C)=CCC[C@@](C)(O[C@@H]1O[C@H](CO[C@@H]2O[C@H](CO)[C@@H](O)[C@H](O)[C@H]2O)[C@@H](O)[C@H](O)[C@H]1O)[C@H]1CC[C@@]2(C)[C@@H]1[C@H](O)CC1[C@@]3(C)CC[C@H](O[C@@H]4O[C@H](CO)[C@@H](O)[C@H](O)[C@H]4O)C(C)(C)C3CC[C@]12C. The van der Waals surface area contributed by atoms with Gasteiger partial charge in [-0.15, -0.1) is 0 Å². The summed E-state index contributed by atoms with van der Waals surface area (Å²) < 4.78 is 36.6. The third-order valence-electron chi connectivity index (χ3n) is 18.8. The van der Waals surface area contributed by atoms with Crippen LogP contribution in [0, 0.1) is 45.3 Å². The molecule has 0 aromatic heterocycles. The first-order chi connectivity index (χ1) is 30.8. The molecule has 3 saturated heterocycles. The summed E-state index contributed by atoms with van der Waals surface area (Å²) in [7, 11) is 0. The van der Waals surface area contributed by atoms with Crippen molar-refractivity contribution in [2.75, 3.05) is 19.8 Å². The van der Waals surface area contributed by atoms with Gasteiger partial charge in [0.2, 0.25) is 0 Å². The number of rotatable bonds is 13. The van der Waals surface area contributed by atoms with Gasteiger partial charge < -0.3 is 89.7 Å². The zero-order chi connectivity index (χ0) is 48.6. The quantitative estimate of drug-likeness (QED) is 0.0853. The minimum atomic E-state index is -1.72. The molecule has 7 rings (SSSR count). The second kappa shape index (κ2) is 19.6. The number of aliphatic hydroxyl groups is 12. The van der Waals surface area contributed by atoms with Crippen LogP contribution in [-0.4, -0.2) is 191 Å². The Balaban J connectivity index is 1.11. The predicted molar refractivity (Wildman–Crippen MR) is 234 cm³/mol. The van der Waals surface area contributed by atoms with E-state index in [0.717, 1.165) is 31.3 Å². The highest BCUT2D eigenvalue weighted by atomic mass is 16.7. The summed E-state index contributed by atoms with van der Waals surface area (Å²) >= 11 is 0. The van der Waals surface area contributed by atoms with E-state index in [0.29, 0.717) is 32.1 Å². The van der Waals surface area contributed by atoms with Crippen LogP contribution in [-0.2, 0) is 28.4 Å². The number of fused-ring (bicyclic) bond motifs is 5. The highest BCUT2D eigenvalue weighted by molar-refractivity contribution is 5.20. The third kappa shape index (κ3) is 8.90. The van der Waals surface area contributed by atoms with Gasteiger partial charge in [0.25, 0.3) is 0 Å². The molecule has 0 aromatic carbocycles. The lowest BCUT2D eigenvalue weighted by molar-refractivity contribution is -0.350. The van der Waals surface area contributed by atoms with Gasteiger partial charge in [-0.05, 0) is 124 Å². The van der Waals surface area contributed by atoms with Crippen molar-refractivity contribution in [2.24, 2.45) is 45.3 Å². The fraction of sp³-hybridized carbons (Fsp3) is 0.958. The molecule has 66 heavy (non-hydrogen) atoms. The van der Waals surface area contributed by atoms with E-state index in [2.05, 4.69) is 40.7 Å². The number of ether oxygens (including phenoxy) is 6. The van der Waals surface area contributed by atoms with Crippen LogP contribution in [0.2, 0.25) is 0 Å². The number of allylic oxidation sites excluding steroid dienone is 2. The van der Waals surface area contributed by atoms with Gasteiger partial charge in [-0.1, -0.05) is 46.3 Å². The van der Waals surface area contributed by atoms with Gasteiger partial charge in [0.15, 0.2) is 18.9 Å². The van der Waals surface area contributed by atoms with Crippen LogP contribution < -0.4 is 0 Å². The van der Waals surface area contributed by atoms with Gasteiger partial charge >= 0.3 is 0 Å². The highest BCUT2D eigenvalue weighted by Gasteiger charge is 2.72. The van der Waals surface area contributed by atoms with Crippen LogP contribution in [0.15, 0.2) is 11.6 Å². The van der Waals surface area contributed by atoms with Gasteiger partial charge in [-0.2, -0.15) is 0 Å². The van der Waals surface area contributed by atoms with Gasteiger partial charge in [0, 0.05) is 0 Å².